The Morgan fingerprint density at radius 1 is 1.25 bits per heavy atom. The minimum Gasteiger partial charge on any atom is -0.353 e. The zero-order valence-corrected chi connectivity index (χ0v) is 10.3. The molecule has 1 atom stereocenters. The molecular weight excluding hydrogens is 198 g/mol. The van der Waals surface area contributed by atoms with Gasteiger partial charge in [-0.2, -0.15) is 0 Å². The number of carbonyl (C=O) groups excluding carboxylic acids is 1. The topological polar surface area (TPSA) is 29.1 Å². The summed E-state index contributed by atoms with van der Waals surface area (Å²) in [4.78, 5) is 11.2. The number of aryl methyl sites for hydroxylation is 3. The quantitative estimate of drug-likeness (QED) is 0.810. The van der Waals surface area contributed by atoms with Gasteiger partial charge in [0.2, 0.25) is 5.91 Å². The summed E-state index contributed by atoms with van der Waals surface area (Å²) < 4.78 is 0. The number of amides is 1. The minimum absolute atomic E-state index is 0.201. The van der Waals surface area contributed by atoms with Crippen LogP contribution >= 0.6 is 0 Å². The summed E-state index contributed by atoms with van der Waals surface area (Å²) in [6, 6.07) is 4.78. The van der Waals surface area contributed by atoms with Crippen molar-refractivity contribution in [3.63, 3.8) is 0 Å². The second-order valence-electron chi connectivity index (χ2n) is 4.88. The van der Waals surface area contributed by atoms with Gasteiger partial charge in [-0.3, -0.25) is 4.79 Å². The van der Waals surface area contributed by atoms with Gasteiger partial charge in [0, 0.05) is 12.5 Å². The molecule has 16 heavy (non-hydrogen) atoms. The van der Waals surface area contributed by atoms with Gasteiger partial charge in [0.25, 0.3) is 0 Å². The fourth-order valence-corrected chi connectivity index (χ4v) is 2.61. The highest BCUT2D eigenvalue weighted by Gasteiger charge is 2.21. The summed E-state index contributed by atoms with van der Waals surface area (Å²) in [6.45, 7) is 6.44. The van der Waals surface area contributed by atoms with Gasteiger partial charge >= 0.3 is 0 Å². The third-order valence-electron chi connectivity index (χ3n) is 3.38. The van der Waals surface area contributed by atoms with Gasteiger partial charge in [-0.25, -0.2) is 0 Å². The van der Waals surface area contributed by atoms with Gasteiger partial charge in [-0.05, 0) is 50.3 Å². The van der Waals surface area contributed by atoms with Crippen molar-refractivity contribution in [2.45, 2.75) is 46.1 Å². The molecule has 0 radical (unpaired) electrons. The first kappa shape index (κ1) is 11.2. The van der Waals surface area contributed by atoms with E-state index in [1.165, 1.54) is 22.3 Å². The van der Waals surface area contributed by atoms with Crippen molar-refractivity contribution in [3.05, 3.63) is 34.4 Å². The first-order chi connectivity index (χ1) is 7.56. The van der Waals surface area contributed by atoms with Crippen LogP contribution in [0.4, 0.5) is 0 Å². The predicted molar refractivity (Wildman–Crippen MR) is 65.5 cm³/mol. The summed E-state index contributed by atoms with van der Waals surface area (Å²) in [5.41, 5.74) is 5.41. The van der Waals surface area contributed by atoms with Crippen molar-refractivity contribution in [1.29, 1.82) is 0 Å². The predicted octanol–water partition coefficient (Wildman–Crippen LogP) is 2.43. The molecule has 2 heteroatoms. The van der Waals surface area contributed by atoms with Crippen molar-refractivity contribution in [2.75, 3.05) is 0 Å². The summed E-state index contributed by atoms with van der Waals surface area (Å²) in [5.74, 6) is 0.201. The Balaban J connectivity index is 2.18. The Bertz CT molecular complexity index is 400. The molecule has 0 bridgehead atoms. The molecule has 2 rings (SSSR count). The minimum atomic E-state index is 0.201. The second kappa shape index (κ2) is 4.28. The highest BCUT2D eigenvalue weighted by molar-refractivity contribution is 5.78. The lowest BCUT2D eigenvalue weighted by Gasteiger charge is -2.15. The maximum atomic E-state index is 11.2. The Morgan fingerprint density at radius 2 is 1.88 bits per heavy atom. The van der Waals surface area contributed by atoms with E-state index < -0.39 is 0 Å². The van der Waals surface area contributed by atoms with E-state index in [1.807, 2.05) is 0 Å². The van der Waals surface area contributed by atoms with Crippen LogP contribution in [-0.4, -0.2) is 11.9 Å². The van der Waals surface area contributed by atoms with E-state index in [2.05, 4.69) is 38.2 Å². The van der Waals surface area contributed by atoms with Crippen LogP contribution in [-0.2, 0) is 11.2 Å². The van der Waals surface area contributed by atoms with Crippen molar-refractivity contribution >= 4 is 5.91 Å². The fourth-order valence-electron chi connectivity index (χ4n) is 2.61. The van der Waals surface area contributed by atoms with Gasteiger partial charge in [-0.1, -0.05) is 17.7 Å². The average molecular weight is 217 g/mol. The molecule has 0 saturated carbocycles. The van der Waals surface area contributed by atoms with Gasteiger partial charge in [0.05, 0.1) is 0 Å². The van der Waals surface area contributed by atoms with Gasteiger partial charge < -0.3 is 5.32 Å². The van der Waals surface area contributed by atoms with E-state index in [-0.39, 0.29) is 5.91 Å². The fraction of sp³-hybridized carbons (Fsp3) is 0.500. The standard InChI is InChI=1S/C14H19NO/c1-9-6-10(2)13(11(3)7-9)8-12-4-5-14(16)15-12/h6-7,12H,4-5,8H2,1-3H3,(H,15,16). The molecule has 1 saturated heterocycles. The second-order valence-corrected chi connectivity index (χ2v) is 4.88. The molecule has 1 N–H and O–H groups in total. The van der Waals surface area contributed by atoms with Crippen molar-refractivity contribution in [1.82, 2.24) is 5.32 Å². The van der Waals surface area contributed by atoms with Crippen LogP contribution in [0.25, 0.3) is 0 Å². The zero-order valence-electron chi connectivity index (χ0n) is 10.3. The third kappa shape index (κ3) is 2.26. The largest absolute Gasteiger partial charge is 0.353 e. The van der Waals surface area contributed by atoms with E-state index in [1.54, 1.807) is 0 Å². The van der Waals surface area contributed by atoms with Crippen LogP contribution in [0.5, 0.6) is 0 Å². The molecular formula is C14H19NO. The number of hydrogen-bond acceptors (Lipinski definition) is 1. The molecule has 1 fully saturated rings. The lowest BCUT2D eigenvalue weighted by molar-refractivity contribution is -0.119. The summed E-state index contributed by atoms with van der Waals surface area (Å²) in [5, 5.41) is 3.03. The molecule has 86 valence electrons. The Labute approximate surface area is 97.1 Å². The lowest BCUT2D eigenvalue weighted by Crippen LogP contribution is -2.27. The summed E-state index contributed by atoms with van der Waals surface area (Å²) in [7, 11) is 0. The van der Waals surface area contributed by atoms with Gasteiger partial charge in [0.1, 0.15) is 0 Å². The van der Waals surface area contributed by atoms with Crippen molar-refractivity contribution < 1.29 is 4.79 Å². The molecule has 0 aliphatic carbocycles. The Morgan fingerprint density at radius 3 is 2.38 bits per heavy atom. The third-order valence-corrected chi connectivity index (χ3v) is 3.38. The van der Waals surface area contributed by atoms with Gasteiger partial charge in [-0.15, -0.1) is 0 Å². The van der Waals surface area contributed by atoms with E-state index >= 15 is 0 Å². The van der Waals surface area contributed by atoms with Crippen LogP contribution in [0.2, 0.25) is 0 Å². The van der Waals surface area contributed by atoms with Crippen LogP contribution in [0.15, 0.2) is 12.1 Å². The Kier molecular flexibility index (Phi) is 2.99. The van der Waals surface area contributed by atoms with Crippen LogP contribution in [0, 0.1) is 20.8 Å². The van der Waals surface area contributed by atoms with E-state index in [4.69, 9.17) is 0 Å². The first-order valence-electron chi connectivity index (χ1n) is 5.92. The summed E-state index contributed by atoms with van der Waals surface area (Å²) >= 11 is 0. The molecule has 0 aromatic heterocycles. The normalized spacial score (nSPS) is 19.9. The Hall–Kier alpha value is -1.31. The van der Waals surface area contributed by atoms with Crippen molar-refractivity contribution in [2.24, 2.45) is 0 Å². The molecule has 2 nitrogen and oxygen atoms in total. The van der Waals surface area contributed by atoms with Crippen LogP contribution in [0.3, 0.4) is 0 Å². The summed E-state index contributed by atoms with van der Waals surface area (Å²) in [6.07, 6.45) is 2.64. The van der Waals surface area contributed by atoms with E-state index in [0.717, 1.165) is 12.8 Å². The maximum absolute atomic E-state index is 11.2. The highest BCUT2D eigenvalue weighted by atomic mass is 16.1. The molecule has 1 aliphatic rings. The molecule has 1 amide bonds. The van der Waals surface area contributed by atoms with Gasteiger partial charge in [0.15, 0.2) is 0 Å². The SMILES string of the molecule is Cc1cc(C)c(CC2CCC(=O)N2)c(C)c1. The lowest BCUT2D eigenvalue weighted by atomic mass is 9.94. The van der Waals surface area contributed by atoms with Crippen molar-refractivity contribution in [3.8, 4) is 0 Å². The molecule has 1 aliphatic heterocycles. The zero-order chi connectivity index (χ0) is 11.7. The molecule has 0 spiro atoms. The number of benzene rings is 1. The van der Waals surface area contributed by atoms with Crippen LogP contribution < -0.4 is 5.32 Å². The molecule has 1 heterocycles. The smallest absolute Gasteiger partial charge is 0.220 e. The van der Waals surface area contributed by atoms with Crippen LogP contribution in [0.1, 0.15) is 35.1 Å². The molecule has 1 unspecified atom stereocenters. The maximum Gasteiger partial charge on any atom is 0.220 e. The average Bonchev–Trinajstić information content (AvgIpc) is 2.58. The van der Waals surface area contributed by atoms with E-state index in [0.29, 0.717) is 12.5 Å². The number of nitrogens with one attached hydrogen (secondary N) is 1. The highest BCUT2D eigenvalue weighted by Crippen LogP contribution is 2.20. The monoisotopic (exact) mass is 217 g/mol. The number of rotatable bonds is 2. The van der Waals surface area contributed by atoms with E-state index in [9.17, 15) is 4.79 Å². The number of hydrogen-bond donors (Lipinski definition) is 1. The molecule has 1 aromatic rings. The first-order valence-corrected chi connectivity index (χ1v) is 5.92. The number of carbonyl (C=O) groups is 1. The molecule has 1 aromatic carbocycles.